The van der Waals surface area contributed by atoms with Crippen LogP contribution in [0.1, 0.15) is 23.2 Å². The minimum atomic E-state index is -0.447. The molecule has 1 aliphatic rings. The Morgan fingerprint density at radius 3 is 3.15 bits per heavy atom. The van der Waals surface area contributed by atoms with Crippen LogP contribution < -0.4 is 21.1 Å². The summed E-state index contributed by atoms with van der Waals surface area (Å²) in [5.41, 5.74) is 6.86. The predicted molar refractivity (Wildman–Crippen MR) is 101 cm³/mol. The van der Waals surface area contributed by atoms with Crippen molar-refractivity contribution in [3.05, 3.63) is 41.4 Å². The average Bonchev–Trinajstić information content (AvgIpc) is 2.99. The largest absolute Gasteiger partial charge is 0.487 e. The van der Waals surface area contributed by atoms with Crippen LogP contribution in [0.4, 0.5) is 11.5 Å². The molecule has 27 heavy (non-hydrogen) atoms. The number of carbonyl (C=O) groups excluding carboxylic acids is 1. The number of rotatable bonds is 4. The molecule has 9 nitrogen and oxygen atoms in total. The Kier molecular flexibility index (Phi) is 4.78. The Balaban J connectivity index is 1.59. The predicted octanol–water partition coefficient (Wildman–Crippen LogP) is 1.74. The number of piperidine rings is 1. The average molecular weight is 388 g/mol. The van der Waals surface area contributed by atoms with Crippen molar-refractivity contribution in [2.45, 2.75) is 18.9 Å². The number of ether oxygens (including phenoxy) is 1. The van der Waals surface area contributed by atoms with Crippen molar-refractivity contribution in [1.29, 1.82) is 0 Å². The third-order valence-corrected chi connectivity index (χ3v) is 4.46. The molecule has 4 heterocycles. The van der Waals surface area contributed by atoms with Crippen LogP contribution in [0.5, 0.6) is 5.75 Å². The molecule has 10 heteroatoms. The van der Waals surface area contributed by atoms with Crippen LogP contribution in [0.3, 0.4) is 0 Å². The summed E-state index contributed by atoms with van der Waals surface area (Å²) < 4.78 is 7.41. The molecule has 3 aromatic rings. The Morgan fingerprint density at radius 1 is 1.44 bits per heavy atom. The molecular weight excluding hydrogens is 370 g/mol. The zero-order chi connectivity index (χ0) is 18.8. The van der Waals surface area contributed by atoms with Crippen LogP contribution in [-0.4, -0.2) is 44.7 Å². The highest BCUT2D eigenvalue weighted by atomic mass is 35.5. The maximum atomic E-state index is 12.8. The number of hydrogen-bond donors (Lipinski definition) is 3. The number of halogens is 1. The van der Waals surface area contributed by atoms with Crippen LogP contribution in [-0.2, 0) is 0 Å². The molecule has 1 saturated heterocycles. The van der Waals surface area contributed by atoms with Crippen LogP contribution >= 0.6 is 11.6 Å². The van der Waals surface area contributed by atoms with Gasteiger partial charge in [0, 0.05) is 25.0 Å². The first kappa shape index (κ1) is 17.5. The number of carbonyl (C=O) groups is 1. The van der Waals surface area contributed by atoms with Crippen molar-refractivity contribution < 1.29 is 9.53 Å². The Bertz CT molecular complexity index is 985. The van der Waals surface area contributed by atoms with Crippen LogP contribution in [0, 0.1) is 0 Å². The first-order chi connectivity index (χ1) is 13.1. The number of fused-ring (bicyclic) bond motifs is 1. The SMILES string of the molecule is Nc1nn2cc(Cl)cnc2c1C(=O)Nc1cnccc1O[C@H]1CCCNC1. The van der Waals surface area contributed by atoms with Gasteiger partial charge in [-0.05, 0) is 19.4 Å². The second kappa shape index (κ2) is 7.37. The number of amides is 1. The van der Waals surface area contributed by atoms with Gasteiger partial charge in [0.25, 0.3) is 5.91 Å². The quantitative estimate of drug-likeness (QED) is 0.623. The molecule has 4 N–H and O–H groups in total. The minimum absolute atomic E-state index is 0.0441. The number of pyridine rings is 1. The molecule has 1 amide bonds. The van der Waals surface area contributed by atoms with Crippen molar-refractivity contribution in [3.63, 3.8) is 0 Å². The number of aromatic nitrogens is 4. The fourth-order valence-electron chi connectivity index (χ4n) is 3.01. The zero-order valence-electron chi connectivity index (χ0n) is 14.4. The maximum absolute atomic E-state index is 12.8. The maximum Gasteiger partial charge on any atom is 0.263 e. The number of nitrogens with one attached hydrogen (secondary N) is 2. The lowest BCUT2D eigenvalue weighted by atomic mass is 10.1. The molecule has 1 atom stereocenters. The monoisotopic (exact) mass is 387 g/mol. The molecular formula is C17H18ClN7O2. The van der Waals surface area contributed by atoms with E-state index in [2.05, 4.69) is 25.7 Å². The smallest absolute Gasteiger partial charge is 0.263 e. The first-order valence-corrected chi connectivity index (χ1v) is 8.91. The molecule has 1 aliphatic heterocycles. The molecule has 0 radical (unpaired) electrons. The summed E-state index contributed by atoms with van der Waals surface area (Å²) in [7, 11) is 0. The van der Waals surface area contributed by atoms with Crippen molar-refractivity contribution in [3.8, 4) is 5.75 Å². The van der Waals surface area contributed by atoms with E-state index in [0.29, 0.717) is 22.1 Å². The lowest BCUT2D eigenvalue weighted by Gasteiger charge is -2.24. The number of anilines is 2. The molecule has 3 aromatic heterocycles. The van der Waals surface area contributed by atoms with Gasteiger partial charge in [-0.1, -0.05) is 11.6 Å². The fourth-order valence-corrected chi connectivity index (χ4v) is 3.15. The Labute approximate surface area is 159 Å². The summed E-state index contributed by atoms with van der Waals surface area (Å²) >= 11 is 5.91. The van der Waals surface area contributed by atoms with Crippen LogP contribution in [0.25, 0.3) is 5.65 Å². The number of hydrogen-bond acceptors (Lipinski definition) is 7. The topological polar surface area (TPSA) is 119 Å². The van der Waals surface area contributed by atoms with E-state index in [9.17, 15) is 4.79 Å². The first-order valence-electron chi connectivity index (χ1n) is 8.54. The van der Waals surface area contributed by atoms with E-state index in [1.165, 1.54) is 23.1 Å². The molecule has 1 fully saturated rings. The summed E-state index contributed by atoms with van der Waals surface area (Å²) in [6.45, 7) is 1.76. The molecule has 0 spiro atoms. The summed E-state index contributed by atoms with van der Waals surface area (Å²) in [5.74, 6) is 0.167. The lowest BCUT2D eigenvalue weighted by molar-refractivity contribution is 0.102. The van der Waals surface area contributed by atoms with Gasteiger partial charge in [0.05, 0.1) is 17.4 Å². The van der Waals surface area contributed by atoms with Gasteiger partial charge in [-0.2, -0.15) is 0 Å². The standard InChI is InChI=1S/C17H18ClN7O2/c18-10-6-22-16-14(15(19)24-25(16)9-10)17(26)23-12-8-21-5-3-13(12)27-11-2-1-4-20-7-11/h3,5-6,8-9,11,20H,1-2,4,7H2,(H2,19,24)(H,23,26)/t11-/m0/s1. The van der Waals surface area contributed by atoms with Gasteiger partial charge >= 0.3 is 0 Å². The van der Waals surface area contributed by atoms with Gasteiger partial charge in [0.15, 0.2) is 11.5 Å². The van der Waals surface area contributed by atoms with Gasteiger partial charge < -0.3 is 21.1 Å². The third kappa shape index (κ3) is 3.64. The van der Waals surface area contributed by atoms with E-state index in [-0.39, 0.29) is 17.5 Å². The lowest BCUT2D eigenvalue weighted by Crippen LogP contribution is -2.37. The van der Waals surface area contributed by atoms with E-state index in [1.807, 2.05) is 0 Å². The minimum Gasteiger partial charge on any atom is -0.487 e. The van der Waals surface area contributed by atoms with Crippen LogP contribution in [0.15, 0.2) is 30.9 Å². The highest BCUT2D eigenvalue weighted by molar-refractivity contribution is 6.30. The van der Waals surface area contributed by atoms with Gasteiger partial charge in [-0.25, -0.2) is 9.50 Å². The van der Waals surface area contributed by atoms with E-state index in [4.69, 9.17) is 22.1 Å². The Hall–Kier alpha value is -2.91. The second-order valence-electron chi connectivity index (χ2n) is 6.21. The zero-order valence-corrected chi connectivity index (χ0v) is 15.1. The Morgan fingerprint density at radius 2 is 2.33 bits per heavy atom. The summed E-state index contributed by atoms with van der Waals surface area (Å²) in [6, 6.07) is 1.72. The molecule has 0 bridgehead atoms. The third-order valence-electron chi connectivity index (χ3n) is 4.27. The molecule has 0 unspecified atom stereocenters. The van der Waals surface area contributed by atoms with Crippen LogP contribution in [0.2, 0.25) is 5.02 Å². The van der Waals surface area contributed by atoms with Gasteiger partial charge in [0.2, 0.25) is 0 Å². The molecule has 0 saturated carbocycles. The summed E-state index contributed by atoms with van der Waals surface area (Å²) in [6.07, 6.45) is 8.17. The van der Waals surface area contributed by atoms with Crippen molar-refractivity contribution in [2.75, 3.05) is 24.1 Å². The molecule has 0 aromatic carbocycles. The molecule has 0 aliphatic carbocycles. The van der Waals surface area contributed by atoms with Gasteiger partial charge in [-0.3, -0.25) is 9.78 Å². The van der Waals surface area contributed by atoms with E-state index in [1.54, 1.807) is 12.3 Å². The van der Waals surface area contributed by atoms with Gasteiger partial charge in [-0.15, -0.1) is 5.10 Å². The molecule has 4 rings (SSSR count). The van der Waals surface area contributed by atoms with E-state index < -0.39 is 5.91 Å². The van der Waals surface area contributed by atoms with Crippen molar-refractivity contribution in [2.24, 2.45) is 0 Å². The molecule has 140 valence electrons. The summed E-state index contributed by atoms with van der Waals surface area (Å²) in [5, 5.41) is 10.6. The number of nitrogens with zero attached hydrogens (tertiary/aromatic N) is 4. The van der Waals surface area contributed by atoms with Crippen molar-refractivity contribution >= 4 is 34.7 Å². The fraction of sp³-hybridized carbons (Fsp3) is 0.294. The summed E-state index contributed by atoms with van der Waals surface area (Å²) in [4.78, 5) is 21.1. The number of nitrogen functional groups attached to an aromatic ring is 1. The second-order valence-corrected chi connectivity index (χ2v) is 6.65. The number of nitrogens with two attached hydrogens (primary N) is 1. The highest BCUT2D eigenvalue weighted by Crippen LogP contribution is 2.27. The van der Waals surface area contributed by atoms with E-state index >= 15 is 0 Å². The van der Waals surface area contributed by atoms with Crippen molar-refractivity contribution in [1.82, 2.24) is 24.9 Å². The van der Waals surface area contributed by atoms with E-state index in [0.717, 1.165) is 25.9 Å². The normalized spacial score (nSPS) is 17.0. The highest BCUT2D eigenvalue weighted by Gasteiger charge is 2.22. The van der Waals surface area contributed by atoms with Gasteiger partial charge in [0.1, 0.15) is 23.1 Å².